The summed E-state index contributed by atoms with van der Waals surface area (Å²) < 4.78 is 6.97. The highest BCUT2D eigenvalue weighted by atomic mass is 79.9. The Labute approximate surface area is 128 Å². The molecular formula is C17H18BrNO. The maximum Gasteiger partial charge on any atom is 0.127 e. The molecule has 1 unspecified atom stereocenters. The van der Waals surface area contributed by atoms with Crippen LogP contribution in [0.15, 0.2) is 40.9 Å². The first-order chi connectivity index (χ1) is 9.70. The van der Waals surface area contributed by atoms with Crippen LogP contribution in [0.2, 0.25) is 0 Å². The molecule has 1 aliphatic heterocycles. The van der Waals surface area contributed by atoms with Gasteiger partial charge in [-0.1, -0.05) is 51.8 Å². The first kappa shape index (κ1) is 13.7. The second kappa shape index (κ2) is 5.58. The number of rotatable bonds is 3. The number of halogens is 1. The van der Waals surface area contributed by atoms with Gasteiger partial charge in [-0.3, -0.25) is 0 Å². The number of ether oxygens (including phenoxy) is 1. The number of hydrogen-bond donors (Lipinski definition) is 1. The summed E-state index contributed by atoms with van der Waals surface area (Å²) in [5.74, 6) is 1.06. The molecular weight excluding hydrogens is 314 g/mol. The molecule has 0 amide bonds. The van der Waals surface area contributed by atoms with Crippen LogP contribution in [0.3, 0.4) is 0 Å². The molecule has 2 aromatic carbocycles. The largest absolute Gasteiger partial charge is 0.493 e. The summed E-state index contributed by atoms with van der Waals surface area (Å²) in [5.41, 5.74) is 5.04. The molecule has 3 rings (SSSR count). The quantitative estimate of drug-likeness (QED) is 0.917. The fraction of sp³-hybridized carbons (Fsp3) is 0.294. The van der Waals surface area contributed by atoms with Crippen molar-refractivity contribution in [2.45, 2.75) is 19.4 Å². The van der Waals surface area contributed by atoms with E-state index >= 15 is 0 Å². The van der Waals surface area contributed by atoms with Gasteiger partial charge in [0.05, 0.1) is 12.6 Å². The van der Waals surface area contributed by atoms with Crippen LogP contribution in [-0.4, -0.2) is 13.7 Å². The fourth-order valence-corrected chi connectivity index (χ4v) is 3.31. The molecule has 20 heavy (non-hydrogen) atoms. The topological polar surface area (TPSA) is 21.3 Å². The lowest BCUT2D eigenvalue weighted by molar-refractivity contribution is 0.351. The molecule has 0 fully saturated rings. The van der Waals surface area contributed by atoms with Gasteiger partial charge >= 0.3 is 0 Å². The average Bonchev–Trinajstić information content (AvgIpc) is 2.92. The number of para-hydroxylation sites is 1. The van der Waals surface area contributed by atoms with Crippen LogP contribution in [0.4, 0.5) is 0 Å². The third-order valence-electron chi connectivity index (χ3n) is 3.81. The van der Waals surface area contributed by atoms with E-state index in [9.17, 15) is 0 Å². The molecule has 1 heterocycles. The smallest absolute Gasteiger partial charge is 0.127 e. The van der Waals surface area contributed by atoms with E-state index in [1.54, 1.807) is 0 Å². The molecule has 0 aromatic heterocycles. The molecule has 0 saturated carbocycles. The lowest BCUT2D eigenvalue weighted by Gasteiger charge is -2.21. The molecule has 0 radical (unpaired) electrons. The van der Waals surface area contributed by atoms with E-state index in [2.05, 4.69) is 64.6 Å². The van der Waals surface area contributed by atoms with Crippen molar-refractivity contribution < 1.29 is 4.74 Å². The Hall–Kier alpha value is -1.32. The average molecular weight is 332 g/mol. The van der Waals surface area contributed by atoms with Crippen LogP contribution in [0.25, 0.3) is 0 Å². The van der Waals surface area contributed by atoms with Crippen molar-refractivity contribution in [1.82, 2.24) is 5.32 Å². The molecule has 1 N–H and O–H groups in total. The van der Waals surface area contributed by atoms with Crippen molar-refractivity contribution in [3.63, 3.8) is 0 Å². The predicted octanol–water partition coefficient (Wildman–Crippen LogP) is 4.00. The summed E-state index contributed by atoms with van der Waals surface area (Å²) in [4.78, 5) is 0. The summed E-state index contributed by atoms with van der Waals surface area (Å²) in [7, 11) is 1.99. The zero-order valence-electron chi connectivity index (χ0n) is 11.7. The van der Waals surface area contributed by atoms with Gasteiger partial charge in [0, 0.05) is 16.5 Å². The molecule has 0 saturated heterocycles. The molecule has 104 valence electrons. The lowest BCUT2D eigenvalue weighted by atomic mass is 9.95. The van der Waals surface area contributed by atoms with Gasteiger partial charge in [-0.05, 0) is 31.2 Å². The minimum Gasteiger partial charge on any atom is -0.493 e. The van der Waals surface area contributed by atoms with Gasteiger partial charge in [0.2, 0.25) is 0 Å². The van der Waals surface area contributed by atoms with E-state index in [1.807, 2.05) is 7.05 Å². The summed E-state index contributed by atoms with van der Waals surface area (Å²) >= 11 is 3.67. The monoisotopic (exact) mass is 331 g/mol. The van der Waals surface area contributed by atoms with Gasteiger partial charge in [-0.15, -0.1) is 0 Å². The van der Waals surface area contributed by atoms with Crippen LogP contribution in [0.5, 0.6) is 5.75 Å². The van der Waals surface area contributed by atoms with Crippen LogP contribution >= 0.6 is 15.9 Å². The van der Waals surface area contributed by atoms with Crippen LogP contribution in [0, 0.1) is 6.92 Å². The normalized spacial score (nSPS) is 14.8. The third kappa shape index (κ3) is 2.36. The summed E-state index contributed by atoms with van der Waals surface area (Å²) in [6, 6.07) is 13.0. The number of nitrogens with one attached hydrogen (secondary N) is 1. The van der Waals surface area contributed by atoms with Crippen molar-refractivity contribution in [1.29, 1.82) is 0 Å². The Bertz CT molecular complexity index is 639. The Morgan fingerprint density at radius 1 is 1.20 bits per heavy atom. The van der Waals surface area contributed by atoms with Gasteiger partial charge in [0.25, 0.3) is 0 Å². The van der Waals surface area contributed by atoms with Gasteiger partial charge in [0.15, 0.2) is 0 Å². The molecule has 0 bridgehead atoms. The third-order valence-corrected chi connectivity index (χ3v) is 4.53. The SMILES string of the molecule is CNC(c1cc(C)ccc1Br)c1cccc2c1OCC2. The second-order valence-corrected chi connectivity index (χ2v) is 6.03. The molecule has 1 atom stereocenters. The van der Waals surface area contributed by atoms with E-state index in [0.717, 1.165) is 23.2 Å². The Morgan fingerprint density at radius 3 is 2.85 bits per heavy atom. The van der Waals surface area contributed by atoms with Crippen molar-refractivity contribution in [2.75, 3.05) is 13.7 Å². The second-order valence-electron chi connectivity index (χ2n) is 5.18. The predicted molar refractivity (Wildman–Crippen MR) is 85.4 cm³/mol. The van der Waals surface area contributed by atoms with Crippen LogP contribution < -0.4 is 10.1 Å². The standard InChI is InChI=1S/C17H18BrNO/c1-11-6-7-15(18)14(10-11)16(19-2)13-5-3-4-12-8-9-20-17(12)13/h3-7,10,16,19H,8-9H2,1-2H3. The zero-order valence-corrected chi connectivity index (χ0v) is 13.3. The summed E-state index contributed by atoms with van der Waals surface area (Å²) in [6.45, 7) is 2.91. The molecule has 0 spiro atoms. The van der Waals surface area contributed by atoms with Crippen molar-refractivity contribution in [3.05, 3.63) is 63.1 Å². The molecule has 2 nitrogen and oxygen atoms in total. The van der Waals surface area contributed by atoms with Gasteiger partial charge in [-0.2, -0.15) is 0 Å². The maximum atomic E-state index is 5.85. The minimum absolute atomic E-state index is 0.136. The number of hydrogen-bond acceptors (Lipinski definition) is 2. The first-order valence-corrected chi connectivity index (χ1v) is 7.68. The molecule has 1 aliphatic rings. The Morgan fingerprint density at radius 2 is 2.05 bits per heavy atom. The Balaban J connectivity index is 2.11. The number of fused-ring (bicyclic) bond motifs is 1. The van der Waals surface area contributed by atoms with Gasteiger partial charge in [0.1, 0.15) is 5.75 Å². The molecule has 2 aromatic rings. The van der Waals surface area contributed by atoms with E-state index < -0.39 is 0 Å². The highest BCUT2D eigenvalue weighted by molar-refractivity contribution is 9.10. The van der Waals surface area contributed by atoms with Crippen molar-refractivity contribution >= 4 is 15.9 Å². The number of aryl methyl sites for hydroxylation is 1. The fourth-order valence-electron chi connectivity index (χ4n) is 2.83. The first-order valence-electron chi connectivity index (χ1n) is 6.88. The summed E-state index contributed by atoms with van der Waals surface area (Å²) in [6.07, 6.45) is 1.01. The number of benzene rings is 2. The molecule has 0 aliphatic carbocycles. The highest BCUT2D eigenvalue weighted by Crippen LogP contribution is 2.38. The Kier molecular flexibility index (Phi) is 3.81. The van der Waals surface area contributed by atoms with Crippen LogP contribution in [0.1, 0.15) is 28.3 Å². The lowest BCUT2D eigenvalue weighted by Crippen LogP contribution is -2.19. The van der Waals surface area contributed by atoms with Crippen molar-refractivity contribution in [3.8, 4) is 5.75 Å². The highest BCUT2D eigenvalue weighted by Gasteiger charge is 2.23. The summed E-state index contributed by atoms with van der Waals surface area (Å²) in [5, 5.41) is 3.42. The van der Waals surface area contributed by atoms with Crippen molar-refractivity contribution in [2.24, 2.45) is 0 Å². The van der Waals surface area contributed by atoms with Gasteiger partial charge in [-0.25, -0.2) is 0 Å². The van der Waals surface area contributed by atoms with Gasteiger partial charge < -0.3 is 10.1 Å². The zero-order chi connectivity index (χ0) is 14.1. The van der Waals surface area contributed by atoms with E-state index in [4.69, 9.17) is 4.74 Å². The molecule has 3 heteroatoms. The maximum absolute atomic E-state index is 5.85. The van der Waals surface area contributed by atoms with E-state index in [0.29, 0.717) is 0 Å². The van der Waals surface area contributed by atoms with Crippen LogP contribution in [-0.2, 0) is 6.42 Å². The van der Waals surface area contributed by atoms with E-state index in [-0.39, 0.29) is 6.04 Å². The van der Waals surface area contributed by atoms with E-state index in [1.165, 1.54) is 22.3 Å². The minimum atomic E-state index is 0.136.